The molecule has 1 saturated heterocycles. The zero-order valence-electron chi connectivity index (χ0n) is 24.8. The van der Waals surface area contributed by atoms with Crippen molar-refractivity contribution in [2.45, 2.75) is 13.3 Å². The fraction of sp³-hybridized carbons (Fsp3) is 0.333. The number of piperazine rings is 1. The molecule has 0 atom stereocenters. The van der Waals surface area contributed by atoms with Crippen LogP contribution in [0.4, 0.5) is 0 Å². The quantitative estimate of drug-likeness (QED) is 0.292. The second-order valence-corrected chi connectivity index (χ2v) is 9.70. The van der Waals surface area contributed by atoms with Gasteiger partial charge in [-0.05, 0) is 53.5 Å². The number of methoxy groups -OCH3 is 4. The SMILES string of the molecule is CCCOc1ccc(-c2ccc(C=CC(=O)N3CCN(C(=O)c4cc(OC)c(OC)c(OC)c4)CC3)cc2)cc1OC. The van der Waals surface area contributed by atoms with Crippen LogP contribution in [-0.4, -0.2) is 82.8 Å². The van der Waals surface area contributed by atoms with Crippen LogP contribution in [0.15, 0.2) is 60.7 Å². The highest BCUT2D eigenvalue weighted by Gasteiger charge is 2.26. The van der Waals surface area contributed by atoms with Gasteiger partial charge in [0.2, 0.25) is 11.7 Å². The van der Waals surface area contributed by atoms with Crippen molar-refractivity contribution in [3.05, 3.63) is 71.8 Å². The largest absolute Gasteiger partial charge is 0.493 e. The van der Waals surface area contributed by atoms with E-state index in [4.69, 9.17) is 23.7 Å². The van der Waals surface area contributed by atoms with Gasteiger partial charge in [-0.1, -0.05) is 37.3 Å². The van der Waals surface area contributed by atoms with Gasteiger partial charge in [-0.25, -0.2) is 0 Å². The third-order valence-electron chi connectivity index (χ3n) is 7.08. The summed E-state index contributed by atoms with van der Waals surface area (Å²) in [6.07, 6.45) is 4.31. The lowest BCUT2D eigenvalue weighted by Gasteiger charge is -2.34. The van der Waals surface area contributed by atoms with E-state index in [9.17, 15) is 9.59 Å². The Bertz CT molecular complexity index is 1390. The minimum absolute atomic E-state index is 0.0913. The van der Waals surface area contributed by atoms with Crippen molar-refractivity contribution >= 4 is 17.9 Å². The van der Waals surface area contributed by atoms with E-state index in [-0.39, 0.29) is 11.8 Å². The lowest BCUT2D eigenvalue weighted by molar-refractivity contribution is -0.127. The predicted molar refractivity (Wildman–Crippen MR) is 162 cm³/mol. The number of rotatable bonds is 11. The zero-order valence-corrected chi connectivity index (χ0v) is 24.8. The molecule has 42 heavy (non-hydrogen) atoms. The number of carbonyl (C=O) groups is 2. The Balaban J connectivity index is 1.34. The van der Waals surface area contributed by atoms with Crippen LogP contribution in [0, 0.1) is 0 Å². The minimum Gasteiger partial charge on any atom is -0.493 e. The number of benzene rings is 3. The molecule has 9 heteroatoms. The van der Waals surface area contributed by atoms with Gasteiger partial charge in [0.15, 0.2) is 23.0 Å². The average Bonchev–Trinajstić information content (AvgIpc) is 3.05. The van der Waals surface area contributed by atoms with E-state index < -0.39 is 0 Å². The van der Waals surface area contributed by atoms with Crippen LogP contribution < -0.4 is 23.7 Å². The summed E-state index contributed by atoms with van der Waals surface area (Å²) < 4.78 is 27.4. The zero-order chi connectivity index (χ0) is 30.1. The summed E-state index contributed by atoms with van der Waals surface area (Å²) in [7, 11) is 6.18. The topological polar surface area (TPSA) is 86.8 Å². The van der Waals surface area contributed by atoms with E-state index in [1.54, 1.807) is 35.1 Å². The first-order valence-electron chi connectivity index (χ1n) is 13.9. The molecule has 2 amide bonds. The van der Waals surface area contributed by atoms with E-state index >= 15 is 0 Å². The van der Waals surface area contributed by atoms with Crippen molar-refractivity contribution in [2.75, 3.05) is 61.2 Å². The van der Waals surface area contributed by atoms with E-state index in [0.29, 0.717) is 61.3 Å². The summed E-state index contributed by atoms with van der Waals surface area (Å²) in [6.45, 7) is 4.44. The molecular formula is C33H38N2O7. The summed E-state index contributed by atoms with van der Waals surface area (Å²) in [5, 5.41) is 0. The van der Waals surface area contributed by atoms with Gasteiger partial charge in [0.1, 0.15) is 0 Å². The van der Waals surface area contributed by atoms with Crippen molar-refractivity contribution in [1.82, 2.24) is 9.80 Å². The molecule has 3 aromatic rings. The molecule has 3 aromatic carbocycles. The Morgan fingerprint density at radius 2 is 1.31 bits per heavy atom. The molecule has 0 unspecified atom stereocenters. The number of amides is 2. The molecule has 0 radical (unpaired) electrons. The van der Waals surface area contributed by atoms with Gasteiger partial charge < -0.3 is 33.5 Å². The highest BCUT2D eigenvalue weighted by molar-refractivity contribution is 5.96. The molecule has 0 aromatic heterocycles. The molecular weight excluding hydrogens is 536 g/mol. The predicted octanol–water partition coefficient (Wildman–Crippen LogP) is 5.17. The summed E-state index contributed by atoms with van der Waals surface area (Å²) >= 11 is 0. The van der Waals surface area contributed by atoms with E-state index in [0.717, 1.165) is 28.9 Å². The van der Waals surface area contributed by atoms with Gasteiger partial charge in [-0.2, -0.15) is 0 Å². The van der Waals surface area contributed by atoms with Crippen molar-refractivity contribution in [2.24, 2.45) is 0 Å². The highest BCUT2D eigenvalue weighted by atomic mass is 16.5. The van der Waals surface area contributed by atoms with Crippen LogP contribution >= 0.6 is 0 Å². The Morgan fingerprint density at radius 1 is 0.714 bits per heavy atom. The normalized spacial score (nSPS) is 13.2. The highest BCUT2D eigenvalue weighted by Crippen LogP contribution is 2.38. The van der Waals surface area contributed by atoms with Crippen LogP contribution in [0.1, 0.15) is 29.3 Å². The fourth-order valence-electron chi connectivity index (χ4n) is 4.76. The van der Waals surface area contributed by atoms with Crippen molar-refractivity contribution < 1.29 is 33.3 Å². The van der Waals surface area contributed by atoms with E-state index in [2.05, 4.69) is 6.92 Å². The average molecular weight is 575 g/mol. The first-order valence-corrected chi connectivity index (χ1v) is 13.9. The first-order chi connectivity index (χ1) is 20.4. The van der Waals surface area contributed by atoms with Crippen LogP contribution in [-0.2, 0) is 4.79 Å². The smallest absolute Gasteiger partial charge is 0.254 e. The molecule has 0 aliphatic carbocycles. The maximum atomic E-state index is 13.2. The van der Waals surface area contributed by atoms with Crippen LogP contribution in [0.2, 0.25) is 0 Å². The van der Waals surface area contributed by atoms with Crippen molar-refractivity contribution in [3.63, 3.8) is 0 Å². The third-order valence-corrected chi connectivity index (χ3v) is 7.08. The molecule has 1 aliphatic rings. The van der Waals surface area contributed by atoms with Crippen LogP contribution in [0.25, 0.3) is 17.2 Å². The van der Waals surface area contributed by atoms with E-state index in [1.165, 1.54) is 21.3 Å². The lowest BCUT2D eigenvalue weighted by Crippen LogP contribution is -2.50. The van der Waals surface area contributed by atoms with Gasteiger partial charge in [-0.3, -0.25) is 9.59 Å². The number of ether oxygens (including phenoxy) is 5. The molecule has 1 aliphatic heterocycles. The van der Waals surface area contributed by atoms with Gasteiger partial charge in [0, 0.05) is 37.8 Å². The minimum atomic E-state index is -0.155. The maximum Gasteiger partial charge on any atom is 0.254 e. The van der Waals surface area contributed by atoms with Crippen LogP contribution in [0.5, 0.6) is 28.7 Å². The molecule has 222 valence electrons. The number of carbonyl (C=O) groups excluding carboxylic acids is 2. The molecule has 0 spiro atoms. The summed E-state index contributed by atoms with van der Waals surface area (Å²) in [5.41, 5.74) is 3.40. The Morgan fingerprint density at radius 3 is 1.88 bits per heavy atom. The van der Waals surface area contributed by atoms with Crippen molar-refractivity contribution in [1.29, 1.82) is 0 Å². The second kappa shape index (κ2) is 14.3. The standard InChI is InChI=1S/C33H38N2O7/c1-6-19-42-27-13-12-25(20-28(27)38-2)24-10-7-23(8-11-24)9-14-31(36)34-15-17-35(18-16-34)33(37)26-21-29(39-3)32(41-5)30(22-26)40-4/h7-14,20-22H,6,15-19H2,1-5H3. The Hall–Kier alpha value is -4.66. The third kappa shape index (κ3) is 6.97. The molecule has 0 saturated carbocycles. The van der Waals surface area contributed by atoms with Crippen LogP contribution in [0.3, 0.4) is 0 Å². The maximum absolute atomic E-state index is 13.2. The summed E-state index contributed by atoms with van der Waals surface area (Å²) in [4.78, 5) is 29.5. The van der Waals surface area contributed by atoms with Gasteiger partial charge in [0.25, 0.3) is 5.91 Å². The van der Waals surface area contributed by atoms with Crippen molar-refractivity contribution in [3.8, 4) is 39.9 Å². The summed E-state index contributed by atoms with van der Waals surface area (Å²) in [5.74, 6) is 2.45. The molecule has 1 heterocycles. The Labute approximate surface area is 247 Å². The molecule has 4 rings (SSSR count). The molecule has 0 bridgehead atoms. The number of hydrogen-bond donors (Lipinski definition) is 0. The monoisotopic (exact) mass is 574 g/mol. The first kappa shape index (κ1) is 30.3. The second-order valence-electron chi connectivity index (χ2n) is 9.70. The molecule has 0 N–H and O–H groups in total. The fourth-order valence-corrected chi connectivity index (χ4v) is 4.76. The van der Waals surface area contributed by atoms with Gasteiger partial charge in [0.05, 0.1) is 35.0 Å². The number of hydrogen-bond acceptors (Lipinski definition) is 7. The number of nitrogens with zero attached hydrogens (tertiary/aromatic N) is 2. The molecule has 9 nitrogen and oxygen atoms in total. The molecule has 1 fully saturated rings. The summed E-state index contributed by atoms with van der Waals surface area (Å²) in [6, 6.07) is 17.2. The van der Waals surface area contributed by atoms with Gasteiger partial charge >= 0.3 is 0 Å². The van der Waals surface area contributed by atoms with E-state index in [1.807, 2.05) is 48.5 Å². The van der Waals surface area contributed by atoms with Gasteiger partial charge in [-0.15, -0.1) is 0 Å². The lowest BCUT2D eigenvalue weighted by atomic mass is 10.0. The Kier molecular flexibility index (Phi) is 10.3.